The van der Waals surface area contributed by atoms with Crippen molar-refractivity contribution >= 4 is 35.0 Å². The first-order valence-corrected chi connectivity index (χ1v) is 12.0. The number of halogens is 8. The SMILES string of the molecule is Cc1cc(C2=NO[C@](c3cc(C(F)(F)F)cc(Cl)c3F)(C(F)(F)F)C2)ccc1C(=O)NC1(C)CSC1. The summed E-state index contributed by atoms with van der Waals surface area (Å²) in [6, 6.07) is 4.41. The van der Waals surface area contributed by atoms with Crippen LogP contribution in [0, 0.1) is 12.7 Å². The molecule has 13 heteroatoms. The Kier molecular flexibility index (Phi) is 6.52. The van der Waals surface area contributed by atoms with E-state index in [9.17, 15) is 35.5 Å². The van der Waals surface area contributed by atoms with Gasteiger partial charge >= 0.3 is 12.4 Å². The molecular weight excluding hydrogens is 537 g/mol. The highest BCUT2D eigenvalue weighted by atomic mass is 35.5. The molecule has 4 nitrogen and oxygen atoms in total. The first-order chi connectivity index (χ1) is 16.6. The zero-order valence-electron chi connectivity index (χ0n) is 18.7. The van der Waals surface area contributed by atoms with Crippen molar-refractivity contribution in [2.45, 2.75) is 43.8 Å². The lowest BCUT2D eigenvalue weighted by Gasteiger charge is -2.38. The van der Waals surface area contributed by atoms with Gasteiger partial charge in [-0.15, -0.1) is 0 Å². The van der Waals surface area contributed by atoms with Crippen molar-refractivity contribution in [1.29, 1.82) is 0 Å². The van der Waals surface area contributed by atoms with Crippen LogP contribution in [-0.2, 0) is 16.6 Å². The molecule has 36 heavy (non-hydrogen) atoms. The van der Waals surface area contributed by atoms with Crippen LogP contribution in [0.1, 0.15) is 46.0 Å². The fraction of sp³-hybridized carbons (Fsp3) is 0.391. The summed E-state index contributed by atoms with van der Waals surface area (Å²) in [4.78, 5) is 17.3. The fourth-order valence-corrected chi connectivity index (χ4v) is 5.18. The summed E-state index contributed by atoms with van der Waals surface area (Å²) in [7, 11) is 0. The Hall–Kier alpha value is -2.47. The first-order valence-electron chi connectivity index (χ1n) is 10.5. The minimum atomic E-state index is -5.35. The molecule has 0 bridgehead atoms. The largest absolute Gasteiger partial charge is 0.435 e. The molecular formula is C23H18ClF7N2O2S. The van der Waals surface area contributed by atoms with Crippen LogP contribution >= 0.6 is 23.4 Å². The molecule has 0 spiro atoms. The predicted molar refractivity (Wildman–Crippen MR) is 121 cm³/mol. The lowest BCUT2D eigenvalue weighted by atomic mass is 9.85. The van der Waals surface area contributed by atoms with Gasteiger partial charge in [-0.25, -0.2) is 4.39 Å². The number of benzene rings is 2. The maximum Gasteiger partial charge on any atom is 0.435 e. The second-order valence-electron chi connectivity index (χ2n) is 8.99. The third-order valence-electron chi connectivity index (χ3n) is 6.04. The number of aryl methyl sites for hydroxylation is 1. The van der Waals surface area contributed by atoms with E-state index in [4.69, 9.17) is 11.6 Å². The number of nitrogens with one attached hydrogen (secondary N) is 1. The lowest BCUT2D eigenvalue weighted by molar-refractivity contribution is -0.276. The topological polar surface area (TPSA) is 50.7 Å². The van der Waals surface area contributed by atoms with Crippen molar-refractivity contribution in [2.75, 3.05) is 11.5 Å². The van der Waals surface area contributed by atoms with Crippen molar-refractivity contribution in [3.63, 3.8) is 0 Å². The molecule has 1 amide bonds. The average Bonchev–Trinajstić information content (AvgIpc) is 3.20. The van der Waals surface area contributed by atoms with E-state index in [2.05, 4.69) is 15.3 Å². The van der Waals surface area contributed by atoms with Gasteiger partial charge in [-0.05, 0) is 49.2 Å². The minimum Gasteiger partial charge on any atom is -0.374 e. The van der Waals surface area contributed by atoms with E-state index in [0.29, 0.717) is 11.1 Å². The van der Waals surface area contributed by atoms with Crippen LogP contribution in [0.15, 0.2) is 35.5 Å². The number of alkyl halides is 6. The number of hydrogen-bond acceptors (Lipinski definition) is 4. The summed E-state index contributed by atoms with van der Waals surface area (Å²) in [6.07, 6.45) is -11.5. The van der Waals surface area contributed by atoms with Gasteiger partial charge in [-0.1, -0.05) is 22.8 Å². The standard InChI is InChI=1S/C23H18ClF7N2O2S/c1-11-5-12(3-4-14(11)19(34)32-20(2)9-36-10-20)17-8-21(35-33-17,23(29,30)31)15-6-13(22(26,27)28)7-16(24)18(15)25/h3-7H,8-10H2,1-2H3,(H,32,34)/t21-/m1/s1. The van der Waals surface area contributed by atoms with Gasteiger partial charge in [0.1, 0.15) is 5.82 Å². The van der Waals surface area contributed by atoms with Crippen LogP contribution in [0.2, 0.25) is 5.02 Å². The molecule has 1 saturated heterocycles. The molecule has 1 N–H and O–H groups in total. The van der Waals surface area contributed by atoms with E-state index in [1.54, 1.807) is 18.7 Å². The Labute approximate surface area is 210 Å². The Balaban J connectivity index is 1.68. The number of amides is 1. The molecule has 0 aromatic heterocycles. The van der Waals surface area contributed by atoms with Crippen molar-refractivity contribution in [3.8, 4) is 0 Å². The summed E-state index contributed by atoms with van der Waals surface area (Å²) < 4.78 is 97.1. The third kappa shape index (κ3) is 4.65. The summed E-state index contributed by atoms with van der Waals surface area (Å²) in [5, 5.41) is 5.24. The van der Waals surface area contributed by atoms with Gasteiger partial charge in [0.05, 0.1) is 28.3 Å². The molecule has 2 aromatic carbocycles. The van der Waals surface area contributed by atoms with Gasteiger partial charge in [0.2, 0.25) is 0 Å². The number of carbonyl (C=O) groups excluding carboxylic acids is 1. The first kappa shape index (κ1) is 26.6. The molecule has 0 aliphatic carbocycles. The van der Waals surface area contributed by atoms with Gasteiger partial charge < -0.3 is 10.2 Å². The second-order valence-corrected chi connectivity index (χ2v) is 10.4. The van der Waals surface area contributed by atoms with Crippen LogP contribution in [0.25, 0.3) is 0 Å². The number of carbonyl (C=O) groups is 1. The monoisotopic (exact) mass is 554 g/mol. The Morgan fingerprint density at radius 3 is 2.33 bits per heavy atom. The molecule has 0 saturated carbocycles. The quantitative estimate of drug-likeness (QED) is 0.432. The Morgan fingerprint density at radius 1 is 1.14 bits per heavy atom. The summed E-state index contributed by atoms with van der Waals surface area (Å²) >= 11 is 7.20. The number of oxime groups is 1. The van der Waals surface area contributed by atoms with Crippen molar-refractivity contribution in [1.82, 2.24) is 5.32 Å². The summed E-state index contributed by atoms with van der Waals surface area (Å²) in [5.41, 5.74) is -6.27. The maximum absolute atomic E-state index is 14.7. The van der Waals surface area contributed by atoms with Crippen molar-refractivity contribution in [3.05, 3.63) is 69.0 Å². The molecule has 1 atom stereocenters. The van der Waals surface area contributed by atoms with E-state index in [1.807, 2.05) is 6.92 Å². The third-order valence-corrected chi connectivity index (χ3v) is 7.99. The normalized spacial score (nSPS) is 21.4. The molecule has 1 fully saturated rings. The number of thioether (sulfide) groups is 1. The van der Waals surface area contributed by atoms with Crippen LogP contribution in [0.4, 0.5) is 30.7 Å². The highest BCUT2D eigenvalue weighted by molar-refractivity contribution is 8.00. The molecule has 2 aromatic rings. The molecule has 194 valence electrons. The van der Waals surface area contributed by atoms with Gasteiger partial charge in [-0.3, -0.25) is 4.79 Å². The van der Waals surface area contributed by atoms with Crippen molar-refractivity contribution in [2.24, 2.45) is 5.16 Å². The van der Waals surface area contributed by atoms with E-state index in [0.717, 1.165) is 11.5 Å². The van der Waals surface area contributed by atoms with Gasteiger partial charge in [0, 0.05) is 22.6 Å². The van der Waals surface area contributed by atoms with Gasteiger partial charge in [0.25, 0.3) is 11.5 Å². The highest BCUT2D eigenvalue weighted by Gasteiger charge is 2.64. The predicted octanol–water partition coefficient (Wildman–Crippen LogP) is 6.62. The molecule has 2 aliphatic rings. The van der Waals surface area contributed by atoms with Crippen LogP contribution < -0.4 is 5.32 Å². The summed E-state index contributed by atoms with van der Waals surface area (Å²) in [6.45, 7) is 3.47. The molecule has 0 unspecified atom stereocenters. The number of rotatable bonds is 4. The second kappa shape index (κ2) is 8.83. The van der Waals surface area contributed by atoms with Crippen molar-refractivity contribution < 1.29 is 40.4 Å². The van der Waals surface area contributed by atoms with Crippen LogP contribution in [-0.4, -0.2) is 34.8 Å². The van der Waals surface area contributed by atoms with E-state index in [-0.39, 0.29) is 34.9 Å². The minimum absolute atomic E-state index is 0.0329. The van der Waals surface area contributed by atoms with Crippen LogP contribution in [0.3, 0.4) is 0 Å². The average molecular weight is 555 g/mol. The highest BCUT2D eigenvalue weighted by Crippen LogP contribution is 2.51. The number of hydrogen-bond donors (Lipinski definition) is 1. The molecule has 0 radical (unpaired) electrons. The van der Waals surface area contributed by atoms with Gasteiger partial charge in [-0.2, -0.15) is 38.1 Å². The Bertz CT molecular complexity index is 1260. The molecule has 2 heterocycles. The van der Waals surface area contributed by atoms with Gasteiger partial charge in [0.15, 0.2) is 0 Å². The lowest BCUT2D eigenvalue weighted by Crippen LogP contribution is -2.55. The molecule has 2 aliphatic heterocycles. The zero-order chi connectivity index (χ0) is 26.7. The maximum atomic E-state index is 14.7. The molecule has 4 rings (SSSR count). The number of nitrogens with zero attached hydrogens (tertiary/aromatic N) is 1. The van der Waals surface area contributed by atoms with E-state index < -0.39 is 46.3 Å². The summed E-state index contributed by atoms with van der Waals surface area (Å²) in [5.74, 6) is -0.541. The smallest absolute Gasteiger partial charge is 0.374 e. The zero-order valence-corrected chi connectivity index (χ0v) is 20.3. The van der Waals surface area contributed by atoms with E-state index in [1.165, 1.54) is 18.2 Å². The van der Waals surface area contributed by atoms with Crippen LogP contribution in [0.5, 0.6) is 0 Å². The Morgan fingerprint density at radius 2 is 1.81 bits per heavy atom. The fourth-order valence-electron chi connectivity index (χ4n) is 4.00. The van der Waals surface area contributed by atoms with E-state index >= 15 is 0 Å².